The monoisotopic (exact) mass is 536 g/mol. The molecule has 0 bridgehead atoms. The van der Waals surface area contributed by atoms with E-state index >= 15 is 0 Å². The van der Waals surface area contributed by atoms with Gasteiger partial charge in [0, 0.05) is 28.5 Å². The fourth-order valence-corrected chi connectivity index (χ4v) is 6.88. The molecule has 32 heavy (non-hydrogen) atoms. The molecule has 1 saturated heterocycles. The molecule has 0 radical (unpaired) electrons. The van der Waals surface area contributed by atoms with Crippen molar-refractivity contribution in [1.82, 2.24) is 4.90 Å². The topological polar surface area (TPSA) is 77.9 Å². The zero-order valence-electron chi connectivity index (χ0n) is 17.2. The van der Waals surface area contributed by atoms with Crippen molar-refractivity contribution in [3.8, 4) is 0 Å². The van der Waals surface area contributed by atoms with Gasteiger partial charge in [0.2, 0.25) is 0 Å². The summed E-state index contributed by atoms with van der Waals surface area (Å²) in [4.78, 5) is 13.3. The van der Waals surface area contributed by atoms with E-state index in [0.29, 0.717) is 47.5 Å². The Morgan fingerprint density at radius 3 is 2.47 bits per heavy atom. The van der Waals surface area contributed by atoms with E-state index in [2.05, 4.69) is 4.90 Å². The zero-order valence-corrected chi connectivity index (χ0v) is 21.1. The summed E-state index contributed by atoms with van der Waals surface area (Å²) in [6.45, 7) is 2.99. The first-order chi connectivity index (χ1) is 15.1. The molecule has 2 aromatic rings. The van der Waals surface area contributed by atoms with Crippen molar-refractivity contribution in [1.29, 1.82) is 0 Å². The number of hydrogen-bond acceptors (Lipinski definition) is 5. The Bertz CT molecular complexity index is 1070. The minimum absolute atomic E-state index is 0.102. The second-order valence-corrected chi connectivity index (χ2v) is 11.8. The molecule has 0 saturated carbocycles. The van der Waals surface area contributed by atoms with Gasteiger partial charge in [0.1, 0.15) is 5.25 Å². The van der Waals surface area contributed by atoms with E-state index in [4.69, 9.17) is 39.9 Å². The van der Waals surface area contributed by atoms with E-state index < -0.39 is 27.3 Å². The maximum absolute atomic E-state index is 13.6. The number of anilines is 1. The Balaban J connectivity index is 1.82. The lowest BCUT2D eigenvalue weighted by Gasteiger charge is -2.32. The molecule has 3 rings (SSSR count). The predicted molar refractivity (Wildman–Crippen MR) is 132 cm³/mol. The number of carbonyl (C=O) groups is 1. The minimum Gasteiger partial charge on any atom is -0.480 e. The number of halogens is 3. The molecule has 2 atom stereocenters. The standard InChI is InChI=1S/C21H23Cl3N2O4S2/c1-14(3-2-10-25-12-20(21(27)28)31-13-25)26(19-11-16(23)6-9-18(19)24)32(29,30)17-7-4-15(22)5-8-17/h4-9,11,14,20H,2-3,10,12-13H2,1H3,(H,27,28)/t14-,20?/m1/s1. The molecule has 174 valence electrons. The third-order valence-corrected chi connectivity index (χ3v) is 9.19. The number of thioether (sulfide) groups is 1. The van der Waals surface area contributed by atoms with E-state index in [9.17, 15) is 13.2 Å². The second kappa shape index (κ2) is 10.8. The van der Waals surface area contributed by atoms with E-state index in [0.717, 1.165) is 0 Å². The number of hydrogen-bond donors (Lipinski definition) is 1. The van der Waals surface area contributed by atoms with Gasteiger partial charge in [-0.25, -0.2) is 8.42 Å². The molecule has 6 nitrogen and oxygen atoms in total. The summed E-state index contributed by atoms with van der Waals surface area (Å²) >= 11 is 19.9. The number of benzene rings is 2. The minimum atomic E-state index is -3.94. The van der Waals surface area contributed by atoms with Crippen molar-refractivity contribution in [2.75, 3.05) is 23.3 Å². The Morgan fingerprint density at radius 1 is 1.19 bits per heavy atom. The van der Waals surface area contributed by atoms with Crippen LogP contribution in [0.15, 0.2) is 47.4 Å². The lowest BCUT2D eigenvalue weighted by atomic mass is 10.1. The second-order valence-electron chi connectivity index (χ2n) is 7.54. The summed E-state index contributed by atoms with van der Waals surface area (Å²) in [5.41, 5.74) is 0.310. The molecule has 1 fully saturated rings. The van der Waals surface area contributed by atoms with Crippen molar-refractivity contribution in [2.24, 2.45) is 0 Å². The largest absolute Gasteiger partial charge is 0.480 e. The molecular formula is C21H23Cl3N2O4S2. The molecular weight excluding hydrogens is 515 g/mol. The van der Waals surface area contributed by atoms with E-state index in [1.807, 2.05) is 6.92 Å². The first-order valence-corrected chi connectivity index (χ1v) is 13.5. The number of rotatable bonds is 9. The van der Waals surface area contributed by atoms with Crippen molar-refractivity contribution in [2.45, 2.75) is 36.0 Å². The molecule has 2 aromatic carbocycles. The highest BCUT2D eigenvalue weighted by Crippen LogP contribution is 2.36. The van der Waals surface area contributed by atoms with Crippen LogP contribution >= 0.6 is 46.6 Å². The van der Waals surface area contributed by atoms with Gasteiger partial charge in [-0.1, -0.05) is 34.8 Å². The lowest BCUT2D eigenvalue weighted by molar-refractivity contribution is -0.136. The van der Waals surface area contributed by atoms with E-state index in [-0.39, 0.29) is 9.92 Å². The van der Waals surface area contributed by atoms with Crippen LogP contribution < -0.4 is 4.31 Å². The van der Waals surface area contributed by atoms with Gasteiger partial charge < -0.3 is 5.11 Å². The molecule has 1 heterocycles. The fraction of sp³-hybridized carbons (Fsp3) is 0.381. The van der Waals surface area contributed by atoms with Crippen molar-refractivity contribution < 1.29 is 18.3 Å². The van der Waals surface area contributed by atoms with Gasteiger partial charge in [-0.05, 0) is 68.8 Å². The van der Waals surface area contributed by atoms with Gasteiger partial charge >= 0.3 is 5.97 Å². The SMILES string of the molecule is C[C@H](CCCN1CSC(C(=O)O)C1)N(c1cc(Cl)ccc1Cl)S(=O)(=O)c1ccc(Cl)cc1. The average Bonchev–Trinajstić information content (AvgIpc) is 3.20. The van der Waals surface area contributed by atoms with Gasteiger partial charge in [0.05, 0.1) is 15.6 Å². The molecule has 11 heteroatoms. The van der Waals surface area contributed by atoms with E-state index in [1.54, 1.807) is 18.2 Å². The number of carboxylic acid groups (broad SMARTS) is 1. The maximum atomic E-state index is 13.6. The third kappa shape index (κ3) is 6.04. The van der Waals surface area contributed by atoms with Crippen LogP contribution in [0.4, 0.5) is 5.69 Å². The first kappa shape index (κ1) is 25.5. The summed E-state index contributed by atoms with van der Waals surface area (Å²) in [5.74, 6) is -0.153. The highest BCUT2D eigenvalue weighted by molar-refractivity contribution is 8.00. The highest BCUT2D eigenvalue weighted by atomic mass is 35.5. The molecule has 1 aliphatic heterocycles. The molecule has 0 aliphatic carbocycles. The van der Waals surface area contributed by atoms with Gasteiger partial charge in [0.15, 0.2) is 0 Å². The maximum Gasteiger partial charge on any atom is 0.317 e. The van der Waals surface area contributed by atoms with Crippen LogP contribution in [-0.2, 0) is 14.8 Å². The van der Waals surface area contributed by atoms with Crippen molar-refractivity contribution in [3.05, 3.63) is 57.5 Å². The Morgan fingerprint density at radius 2 is 1.84 bits per heavy atom. The Hall–Kier alpha value is -1.16. The van der Waals surface area contributed by atoms with Crippen LogP contribution in [0, 0.1) is 0 Å². The van der Waals surface area contributed by atoms with Gasteiger partial charge in [-0.3, -0.25) is 14.0 Å². The van der Waals surface area contributed by atoms with Crippen LogP contribution in [0.2, 0.25) is 15.1 Å². The summed E-state index contributed by atoms with van der Waals surface area (Å²) in [7, 11) is -3.94. The van der Waals surface area contributed by atoms with Crippen molar-refractivity contribution in [3.63, 3.8) is 0 Å². The van der Waals surface area contributed by atoms with Gasteiger partial charge in [-0.2, -0.15) is 0 Å². The summed E-state index contributed by atoms with van der Waals surface area (Å²) in [6.07, 6.45) is 1.24. The lowest BCUT2D eigenvalue weighted by Crippen LogP contribution is -2.39. The Kier molecular flexibility index (Phi) is 8.63. The Labute approximate surface area is 207 Å². The van der Waals surface area contributed by atoms with E-state index in [1.165, 1.54) is 40.3 Å². The smallest absolute Gasteiger partial charge is 0.317 e. The normalized spacial score (nSPS) is 17.9. The molecule has 0 spiro atoms. The first-order valence-electron chi connectivity index (χ1n) is 9.91. The average molecular weight is 538 g/mol. The summed E-state index contributed by atoms with van der Waals surface area (Å²) in [6, 6.07) is 10.3. The van der Waals surface area contributed by atoms with Crippen molar-refractivity contribution >= 4 is 68.2 Å². The van der Waals surface area contributed by atoms with Gasteiger partial charge in [0.25, 0.3) is 10.0 Å². The number of carboxylic acids is 1. The van der Waals surface area contributed by atoms with Crippen LogP contribution in [-0.4, -0.2) is 54.7 Å². The fourth-order valence-electron chi connectivity index (χ4n) is 3.55. The molecule has 1 aliphatic rings. The molecule has 1 N–H and O–H groups in total. The predicted octanol–water partition coefficient (Wildman–Crippen LogP) is 5.47. The third-order valence-electron chi connectivity index (χ3n) is 5.17. The zero-order chi connectivity index (χ0) is 23.5. The number of sulfonamides is 1. The van der Waals surface area contributed by atoms with Crippen LogP contribution in [0.3, 0.4) is 0 Å². The highest BCUT2D eigenvalue weighted by Gasteiger charge is 2.32. The van der Waals surface area contributed by atoms with Crippen LogP contribution in [0.1, 0.15) is 19.8 Å². The van der Waals surface area contributed by atoms with Crippen LogP contribution in [0.5, 0.6) is 0 Å². The number of aliphatic carboxylic acids is 1. The quantitative estimate of drug-likeness (QED) is 0.457. The molecule has 0 aromatic heterocycles. The molecule has 0 amide bonds. The number of nitrogens with zero attached hydrogens (tertiary/aromatic N) is 2. The van der Waals surface area contributed by atoms with Gasteiger partial charge in [-0.15, -0.1) is 11.8 Å². The molecule has 1 unspecified atom stereocenters. The summed E-state index contributed by atoms with van der Waals surface area (Å²) in [5, 5.41) is 9.83. The van der Waals surface area contributed by atoms with Crippen LogP contribution in [0.25, 0.3) is 0 Å². The summed E-state index contributed by atoms with van der Waals surface area (Å²) < 4.78 is 28.5.